The first kappa shape index (κ1) is 14.8. The number of ketones is 1. The summed E-state index contributed by atoms with van der Waals surface area (Å²) in [5.74, 6) is 0.323. The molecular formula is C16H18N2O3. The van der Waals surface area contributed by atoms with Crippen LogP contribution in [0, 0.1) is 13.8 Å². The van der Waals surface area contributed by atoms with Gasteiger partial charge in [-0.15, -0.1) is 0 Å². The highest BCUT2D eigenvalue weighted by Crippen LogP contribution is 2.14. The minimum Gasteiger partial charge on any atom is -0.485 e. The molecule has 0 aliphatic carbocycles. The number of hydrogen-bond donors (Lipinski definition) is 2. The van der Waals surface area contributed by atoms with Crippen molar-refractivity contribution < 1.29 is 14.3 Å². The van der Waals surface area contributed by atoms with Gasteiger partial charge in [0, 0.05) is 29.6 Å². The molecule has 0 atom stereocenters. The number of aromatic nitrogens is 1. The van der Waals surface area contributed by atoms with Crippen LogP contribution in [0.4, 0.5) is 0 Å². The number of carbonyl (C=O) groups is 2. The van der Waals surface area contributed by atoms with E-state index in [0.29, 0.717) is 16.9 Å². The van der Waals surface area contributed by atoms with Crippen LogP contribution in [0.15, 0.2) is 30.3 Å². The number of Topliss-reactive ketones (excluding diaryl/α,β-unsaturated/α-hetero) is 1. The van der Waals surface area contributed by atoms with Crippen LogP contribution in [0.25, 0.3) is 0 Å². The zero-order valence-corrected chi connectivity index (χ0v) is 12.3. The van der Waals surface area contributed by atoms with E-state index < -0.39 is 0 Å². The summed E-state index contributed by atoms with van der Waals surface area (Å²) in [6.45, 7) is 3.73. The molecule has 5 nitrogen and oxygen atoms in total. The van der Waals surface area contributed by atoms with Gasteiger partial charge in [0.15, 0.2) is 6.61 Å². The minimum absolute atomic E-state index is 0.0303. The maximum Gasteiger partial charge on any atom is 0.251 e. The second-order valence-electron chi connectivity index (χ2n) is 4.81. The normalized spacial score (nSPS) is 10.2. The molecule has 0 fully saturated rings. The lowest BCUT2D eigenvalue weighted by atomic mass is 10.1. The summed E-state index contributed by atoms with van der Waals surface area (Å²) in [5, 5.41) is 2.54. The highest BCUT2D eigenvalue weighted by Gasteiger charge is 2.12. The topological polar surface area (TPSA) is 71.2 Å². The van der Waals surface area contributed by atoms with E-state index in [1.54, 1.807) is 31.3 Å². The fourth-order valence-electron chi connectivity index (χ4n) is 2.09. The van der Waals surface area contributed by atoms with Crippen molar-refractivity contribution in [2.24, 2.45) is 0 Å². The standard InChI is InChI=1S/C16H18N2O3/c1-10-8-14(11(2)18-10)15(19)9-21-13-6-4-12(5-7-13)16(20)17-3/h4-8,18H,9H2,1-3H3,(H,17,20). The third kappa shape index (κ3) is 3.51. The van der Waals surface area contributed by atoms with Gasteiger partial charge in [-0.3, -0.25) is 9.59 Å². The van der Waals surface area contributed by atoms with Crippen molar-refractivity contribution in [2.45, 2.75) is 13.8 Å². The number of benzene rings is 1. The summed E-state index contributed by atoms with van der Waals surface area (Å²) in [5.41, 5.74) is 2.99. The van der Waals surface area contributed by atoms with Crippen LogP contribution in [-0.4, -0.2) is 30.3 Å². The van der Waals surface area contributed by atoms with E-state index in [-0.39, 0.29) is 18.3 Å². The molecule has 5 heteroatoms. The van der Waals surface area contributed by atoms with Gasteiger partial charge >= 0.3 is 0 Å². The summed E-state index contributed by atoms with van der Waals surface area (Å²) >= 11 is 0. The molecule has 0 bridgehead atoms. The zero-order chi connectivity index (χ0) is 15.4. The second kappa shape index (κ2) is 6.26. The van der Waals surface area contributed by atoms with Gasteiger partial charge in [0.25, 0.3) is 5.91 Å². The quantitative estimate of drug-likeness (QED) is 0.828. The van der Waals surface area contributed by atoms with Gasteiger partial charge in [0.2, 0.25) is 5.78 Å². The number of H-pyrrole nitrogens is 1. The predicted octanol–water partition coefficient (Wildman–Crippen LogP) is 2.25. The highest BCUT2D eigenvalue weighted by molar-refractivity contribution is 5.98. The lowest BCUT2D eigenvalue weighted by molar-refractivity contribution is 0.0918. The van der Waals surface area contributed by atoms with E-state index in [1.165, 1.54) is 0 Å². The third-order valence-corrected chi connectivity index (χ3v) is 3.16. The molecule has 1 amide bonds. The smallest absolute Gasteiger partial charge is 0.251 e. The van der Waals surface area contributed by atoms with Crippen LogP contribution in [0.5, 0.6) is 5.75 Å². The predicted molar refractivity (Wildman–Crippen MR) is 79.9 cm³/mol. The van der Waals surface area contributed by atoms with Crippen molar-refractivity contribution in [1.29, 1.82) is 0 Å². The van der Waals surface area contributed by atoms with Crippen molar-refractivity contribution in [3.63, 3.8) is 0 Å². The summed E-state index contributed by atoms with van der Waals surface area (Å²) in [7, 11) is 1.58. The number of amides is 1. The molecule has 0 saturated heterocycles. The molecule has 0 aliphatic heterocycles. The maximum absolute atomic E-state index is 12.1. The molecular weight excluding hydrogens is 268 g/mol. The Balaban J connectivity index is 1.98. The Morgan fingerprint density at radius 3 is 2.38 bits per heavy atom. The molecule has 0 spiro atoms. The molecule has 21 heavy (non-hydrogen) atoms. The Kier molecular flexibility index (Phi) is 4.42. The number of aromatic amines is 1. The Labute approximate surface area is 123 Å². The fraction of sp³-hybridized carbons (Fsp3) is 0.250. The number of nitrogens with one attached hydrogen (secondary N) is 2. The molecule has 2 rings (SSSR count). The monoisotopic (exact) mass is 286 g/mol. The summed E-state index contributed by atoms with van der Waals surface area (Å²) < 4.78 is 5.46. The van der Waals surface area contributed by atoms with E-state index >= 15 is 0 Å². The summed E-state index contributed by atoms with van der Waals surface area (Å²) in [4.78, 5) is 26.6. The highest BCUT2D eigenvalue weighted by atomic mass is 16.5. The maximum atomic E-state index is 12.1. The van der Waals surface area contributed by atoms with Gasteiger partial charge in [0.1, 0.15) is 5.75 Å². The molecule has 0 radical (unpaired) electrons. The number of hydrogen-bond acceptors (Lipinski definition) is 3. The largest absolute Gasteiger partial charge is 0.485 e. The molecule has 110 valence electrons. The molecule has 1 heterocycles. The molecule has 0 aliphatic rings. The Bertz CT molecular complexity index is 657. The Morgan fingerprint density at radius 2 is 1.86 bits per heavy atom. The van der Waals surface area contributed by atoms with E-state index in [4.69, 9.17) is 4.74 Å². The molecule has 2 aromatic rings. The van der Waals surface area contributed by atoms with E-state index in [2.05, 4.69) is 10.3 Å². The molecule has 1 aromatic carbocycles. The fourth-order valence-corrected chi connectivity index (χ4v) is 2.09. The third-order valence-electron chi connectivity index (χ3n) is 3.16. The average Bonchev–Trinajstić information content (AvgIpc) is 2.83. The van der Waals surface area contributed by atoms with Crippen molar-refractivity contribution >= 4 is 11.7 Å². The first-order valence-corrected chi connectivity index (χ1v) is 6.65. The number of aryl methyl sites for hydroxylation is 2. The van der Waals surface area contributed by atoms with Crippen molar-refractivity contribution in [3.05, 3.63) is 52.8 Å². The molecule has 1 aromatic heterocycles. The van der Waals surface area contributed by atoms with Crippen molar-refractivity contribution in [2.75, 3.05) is 13.7 Å². The lowest BCUT2D eigenvalue weighted by Crippen LogP contribution is -2.17. The molecule has 0 unspecified atom stereocenters. The van der Waals surface area contributed by atoms with Crippen LogP contribution < -0.4 is 10.1 Å². The van der Waals surface area contributed by atoms with Crippen molar-refractivity contribution in [1.82, 2.24) is 10.3 Å². The van der Waals surface area contributed by atoms with Gasteiger partial charge in [-0.1, -0.05) is 0 Å². The lowest BCUT2D eigenvalue weighted by Gasteiger charge is -2.06. The van der Waals surface area contributed by atoms with Crippen molar-refractivity contribution in [3.8, 4) is 5.75 Å². The summed E-state index contributed by atoms with van der Waals surface area (Å²) in [6.07, 6.45) is 0. The van der Waals surface area contributed by atoms with Crippen LogP contribution >= 0.6 is 0 Å². The first-order chi connectivity index (χ1) is 10.0. The van der Waals surface area contributed by atoms with Gasteiger partial charge < -0.3 is 15.0 Å². The average molecular weight is 286 g/mol. The van der Waals surface area contributed by atoms with Crippen LogP contribution in [0.3, 0.4) is 0 Å². The Hall–Kier alpha value is -2.56. The molecule has 2 N–H and O–H groups in total. The van der Waals surface area contributed by atoms with E-state index in [1.807, 2.05) is 19.9 Å². The van der Waals surface area contributed by atoms with Gasteiger partial charge in [-0.25, -0.2) is 0 Å². The van der Waals surface area contributed by atoms with Gasteiger partial charge in [-0.05, 0) is 44.2 Å². The number of rotatable bonds is 5. The van der Waals surface area contributed by atoms with Crippen LogP contribution in [-0.2, 0) is 0 Å². The zero-order valence-electron chi connectivity index (χ0n) is 12.3. The second-order valence-corrected chi connectivity index (χ2v) is 4.81. The number of ether oxygens (including phenoxy) is 1. The van der Waals surface area contributed by atoms with E-state index in [9.17, 15) is 9.59 Å². The van der Waals surface area contributed by atoms with Gasteiger partial charge in [0.05, 0.1) is 0 Å². The van der Waals surface area contributed by atoms with Crippen LogP contribution in [0.2, 0.25) is 0 Å². The Morgan fingerprint density at radius 1 is 1.19 bits per heavy atom. The SMILES string of the molecule is CNC(=O)c1ccc(OCC(=O)c2cc(C)[nH]c2C)cc1. The van der Waals surface area contributed by atoms with Gasteiger partial charge in [-0.2, -0.15) is 0 Å². The van der Waals surface area contributed by atoms with E-state index in [0.717, 1.165) is 11.4 Å². The van der Waals surface area contributed by atoms with Crippen LogP contribution in [0.1, 0.15) is 32.1 Å². The summed E-state index contributed by atoms with van der Waals surface area (Å²) in [6, 6.07) is 8.48. The first-order valence-electron chi connectivity index (χ1n) is 6.65. The number of carbonyl (C=O) groups excluding carboxylic acids is 2. The molecule has 0 saturated carbocycles. The minimum atomic E-state index is -0.156.